The number of ether oxygens (including phenoxy) is 1. The van der Waals surface area contributed by atoms with Crippen molar-refractivity contribution in [2.75, 3.05) is 19.8 Å². The minimum atomic E-state index is -0.0438. The molecule has 0 bridgehead atoms. The molecule has 1 heterocycles. The first-order valence-corrected chi connectivity index (χ1v) is 12.0. The summed E-state index contributed by atoms with van der Waals surface area (Å²) in [5.41, 5.74) is 3.27. The van der Waals surface area contributed by atoms with E-state index in [0.717, 1.165) is 4.90 Å². The molecule has 1 aliphatic heterocycles. The van der Waals surface area contributed by atoms with Gasteiger partial charge in [-0.1, -0.05) is 61.6 Å². The molecule has 0 fully saturated rings. The van der Waals surface area contributed by atoms with E-state index in [9.17, 15) is 4.79 Å². The van der Waals surface area contributed by atoms with Crippen molar-refractivity contribution < 1.29 is 9.53 Å². The second-order valence-corrected chi connectivity index (χ2v) is 9.26. The Kier molecular flexibility index (Phi) is 7.51. The van der Waals surface area contributed by atoms with Crippen molar-refractivity contribution in [3.05, 3.63) is 96.2 Å². The SMILES string of the molecule is CCOCC(C)CNC(=O)c1ccc(SN2C=C(c3ccccc3)C3C=CC=CC32)cc1. The summed E-state index contributed by atoms with van der Waals surface area (Å²) >= 11 is 1.71. The summed E-state index contributed by atoms with van der Waals surface area (Å²) in [6, 6.07) is 18.7. The number of nitrogens with one attached hydrogen (secondary N) is 1. The molecule has 2 aliphatic rings. The van der Waals surface area contributed by atoms with E-state index in [4.69, 9.17) is 4.74 Å². The zero-order valence-corrected chi connectivity index (χ0v) is 19.4. The molecule has 4 rings (SSSR count). The van der Waals surface area contributed by atoms with E-state index >= 15 is 0 Å². The molecule has 3 atom stereocenters. The summed E-state index contributed by atoms with van der Waals surface area (Å²) < 4.78 is 7.73. The first kappa shape index (κ1) is 22.4. The van der Waals surface area contributed by atoms with Crippen molar-refractivity contribution in [1.82, 2.24) is 9.62 Å². The smallest absolute Gasteiger partial charge is 0.251 e. The highest BCUT2D eigenvalue weighted by Gasteiger charge is 2.34. The van der Waals surface area contributed by atoms with E-state index in [1.165, 1.54) is 11.1 Å². The fraction of sp³-hybridized carbons (Fsp3) is 0.296. The number of nitrogens with zero attached hydrogens (tertiary/aromatic N) is 1. The Morgan fingerprint density at radius 2 is 1.84 bits per heavy atom. The monoisotopic (exact) mass is 446 g/mol. The van der Waals surface area contributed by atoms with Crippen molar-refractivity contribution in [2.24, 2.45) is 11.8 Å². The number of carbonyl (C=O) groups excluding carboxylic acids is 1. The molecule has 1 N–H and O–H groups in total. The number of rotatable bonds is 9. The second kappa shape index (κ2) is 10.7. The van der Waals surface area contributed by atoms with Crippen molar-refractivity contribution in [2.45, 2.75) is 24.8 Å². The maximum absolute atomic E-state index is 12.5. The Morgan fingerprint density at radius 3 is 2.59 bits per heavy atom. The van der Waals surface area contributed by atoms with Crippen LogP contribution in [0.2, 0.25) is 0 Å². The first-order valence-electron chi connectivity index (χ1n) is 11.2. The summed E-state index contributed by atoms with van der Waals surface area (Å²) in [6.07, 6.45) is 11.1. The Hall–Kier alpha value is -2.76. The summed E-state index contributed by atoms with van der Waals surface area (Å²) in [6.45, 7) is 6.02. The van der Waals surface area contributed by atoms with E-state index in [-0.39, 0.29) is 11.9 Å². The molecule has 2 aromatic rings. The number of fused-ring (bicyclic) bond motifs is 1. The summed E-state index contributed by atoms with van der Waals surface area (Å²) in [5, 5.41) is 3.00. The van der Waals surface area contributed by atoms with Crippen LogP contribution in [0.3, 0.4) is 0 Å². The molecule has 3 unspecified atom stereocenters. The van der Waals surface area contributed by atoms with Crippen LogP contribution in [0, 0.1) is 11.8 Å². The molecule has 1 amide bonds. The lowest BCUT2D eigenvalue weighted by Crippen LogP contribution is -2.30. The first-order chi connectivity index (χ1) is 15.7. The van der Waals surface area contributed by atoms with Crippen molar-refractivity contribution in [3.63, 3.8) is 0 Å². The quantitative estimate of drug-likeness (QED) is 0.512. The predicted octanol–water partition coefficient (Wildman–Crippen LogP) is 5.56. The van der Waals surface area contributed by atoms with Gasteiger partial charge in [-0.05, 0) is 60.2 Å². The van der Waals surface area contributed by atoms with E-state index < -0.39 is 0 Å². The van der Waals surface area contributed by atoms with Gasteiger partial charge in [-0.3, -0.25) is 4.79 Å². The van der Waals surface area contributed by atoms with E-state index in [2.05, 4.69) is 77.4 Å². The molecule has 32 heavy (non-hydrogen) atoms. The minimum absolute atomic E-state index is 0.0438. The van der Waals surface area contributed by atoms with Gasteiger partial charge in [-0.25, -0.2) is 0 Å². The van der Waals surface area contributed by atoms with Crippen LogP contribution in [0.15, 0.2) is 90.0 Å². The van der Waals surface area contributed by atoms with E-state index in [1.54, 1.807) is 11.9 Å². The molecular formula is C27H30N2O2S. The lowest BCUT2D eigenvalue weighted by Gasteiger charge is -2.26. The van der Waals surface area contributed by atoms with Crippen molar-refractivity contribution in [1.29, 1.82) is 0 Å². The van der Waals surface area contributed by atoms with Crippen LogP contribution in [-0.4, -0.2) is 36.0 Å². The molecule has 166 valence electrons. The van der Waals surface area contributed by atoms with Gasteiger partial charge in [0, 0.05) is 35.7 Å². The fourth-order valence-electron chi connectivity index (χ4n) is 3.96. The molecule has 1 aliphatic carbocycles. The van der Waals surface area contributed by atoms with Gasteiger partial charge in [0.1, 0.15) is 0 Å². The lowest BCUT2D eigenvalue weighted by atomic mass is 9.88. The van der Waals surface area contributed by atoms with Crippen LogP contribution in [-0.2, 0) is 4.74 Å². The maximum atomic E-state index is 12.5. The topological polar surface area (TPSA) is 41.6 Å². The number of amides is 1. The van der Waals surface area contributed by atoms with Gasteiger partial charge in [-0.15, -0.1) is 0 Å². The highest BCUT2D eigenvalue weighted by atomic mass is 32.2. The zero-order valence-electron chi connectivity index (χ0n) is 18.6. The number of benzene rings is 2. The van der Waals surface area contributed by atoms with E-state index in [1.807, 2.05) is 31.2 Å². The maximum Gasteiger partial charge on any atom is 0.251 e. The highest BCUT2D eigenvalue weighted by Crippen LogP contribution is 2.43. The minimum Gasteiger partial charge on any atom is -0.381 e. The van der Waals surface area contributed by atoms with Gasteiger partial charge in [-0.2, -0.15) is 0 Å². The Morgan fingerprint density at radius 1 is 1.09 bits per heavy atom. The van der Waals surface area contributed by atoms with Crippen LogP contribution in [0.4, 0.5) is 0 Å². The van der Waals surface area contributed by atoms with Gasteiger partial charge in [0.05, 0.1) is 12.6 Å². The summed E-state index contributed by atoms with van der Waals surface area (Å²) in [5.74, 6) is 0.594. The molecule has 0 spiro atoms. The van der Waals surface area contributed by atoms with Gasteiger partial charge in [0.15, 0.2) is 0 Å². The third-order valence-electron chi connectivity index (χ3n) is 5.68. The molecular weight excluding hydrogens is 416 g/mol. The third-order valence-corrected chi connectivity index (χ3v) is 6.72. The van der Waals surface area contributed by atoms with Gasteiger partial charge in [0.25, 0.3) is 5.91 Å². The Labute approximate surface area is 195 Å². The van der Waals surface area contributed by atoms with Crippen LogP contribution in [0.25, 0.3) is 5.57 Å². The van der Waals surface area contributed by atoms with Crippen LogP contribution >= 0.6 is 11.9 Å². The molecule has 0 radical (unpaired) electrons. The number of hydrogen-bond acceptors (Lipinski definition) is 4. The molecule has 0 saturated heterocycles. The lowest BCUT2D eigenvalue weighted by molar-refractivity contribution is 0.0912. The zero-order chi connectivity index (χ0) is 22.3. The van der Waals surface area contributed by atoms with Gasteiger partial charge < -0.3 is 14.4 Å². The largest absolute Gasteiger partial charge is 0.381 e. The van der Waals surface area contributed by atoms with Gasteiger partial charge in [0.2, 0.25) is 0 Å². The Balaban J connectivity index is 1.40. The number of hydrogen-bond donors (Lipinski definition) is 1. The van der Waals surface area contributed by atoms with Gasteiger partial charge >= 0.3 is 0 Å². The van der Waals surface area contributed by atoms with Crippen molar-refractivity contribution >= 4 is 23.4 Å². The summed E-state index contributed by atoms with van der Waals surface area (Å²) in [7, 11) is 0. The van der Waals surface area contributed by atoms with Crippen LogP contribution in [0.5, 0.6) is 0 Å². The van der Waals surface area contributed by atoms with Crippen LogP contribution < -0.4 is 5.32 Å². The molecule has 5 heteroatoms. The Bertz CT molecular complexity index is 998. The third kappa shape index (κ3) is 5.34. The number of carbonyl (C=O) groups is 1. The van der Waals surface area contributed by atoms with E-state index in [0.29, 0.717) is 37.2 Å². The highest BCUT2D eigenvalue weighted by molar-refractivity contribution is 7.97. The fourth-order valence-corrected chi connectivity index (χ4v) is 4.95. The molecule has 0 aromatic heterocycles. The normalized spacial score (nSPS) is 20.1. The molecule has 2 aromatic carbocycles. The molecule has 4 nitrogen and oxygen atoms in total. The second-order valence-electron chi connectivity index (χ2n) is 8.19. The van der Waals surface area contributed by atoms with Crippen LogP contribution in [0.1, 0.15) is 29.8 Å². The number of allylic oxidation sites excluding steroid dienone is 2. The molecule has 0 saturated carbocycles. The average molecular weight is 447 g/mol. The average Bonchev–Trinajstić information content (AvgIpc) is 3.20. The predicted molar refractivity (Wildman–Crippen MR) is 132 cm³/mol. The standard InChI is InChI=1S/C27H30N2O2S/c1-3-31-19-20(2)17-28-27(30)22-13-15-23(16-14-22)32-29-18-25(21-9-5-4-6-10-21)24-11-7-8-12-26(24)29/h4-16,18,20,24,26H,3,17,19H2,1-2H3,(H,28,30). The summed E-state index contributed by atoms with van der Waals surface area (Å²) in [4.78, 5) is 13.6. The van der Waals surface area contributed by atoms with Crippen molar-refractivity contribution in [3.8, 4) is 0 Å².